The Labute approximate surface area is 95.0 Å². The van der Waals surface area contributed by atoms with E-state index in [1.165, 1.54) is 0 Å². The first-order chi connectivity index (χ1) is 7.43. The van der Waals surface area contributed by atoms with Crippen LogP contribution in [0, 0.1) is 5.92 Å². The number of rotatable bonds is 6. The van der Waals surface area contributed by atoms with E-state index in [9.17, 15) is 13.2 Å². The highest BCUT2D eigenvalue weighted by Gasteiger charge is 2.28. The summed E-state index contributed by atoms with van der Waals surface area (Å²) in [5, 5.41) is 9.01. The summed E-state index contributed by atoms with van der Waals surface area (Å²) in [6.45, 7) is 2.07. The molecule has 0 saturated heterocycles. The van der Waals surface area contributed by atoms with Gasteiger partial charge in [0.05, 0.1) is 12.7 Å². The third-order valence-corrected chi connectivity index (χ3v) is 3.64. The van der Waals surface area contributed by atoms with Crippen molar-refractivity contribution in [1.82, 2.24) is 4.72 Å². The van der Waals surface area contributed by atoms with Gasteiger partial charge in [0.2, 0.25) is 10.0 Å². The molecular formula is C9H17NO5S. The molecule has 1 aliphatic carbocycles. The highest BCUT2D eigenvalue weighted by atomic mass is 32.2. The van der Waals surface area contributed by atoms with Crippen molar-refractivity contribution in [2.24, 2.45) is 5.92 Å². The van der Waals surface area contributed by atoms with Crippen LogP contribution in [0.5, 0.6) is 0 Å². The molecule has 1 aliphatic rings. The molecule has 0 radical (unpaired) electrons. The maximum atomic E-state index is 11.4. The maximum absolute atomic E-state index is 11.4. The Hall–Kier alpha value is -0.660. The fourth-order valence-corrected chi connectivity index (χ4v) is 2.51. The Kier molecular flexibility index (Phi) is 4.69. The number of esters is 1. The fourth-order valence-electron chi connectivity index (χ4n) is 1.52. The molecule has 7 heteroatoms. The predicted octanol–water partition coefficient (Wildman–Crippen LogP) is -0.760. The normalized spacial score (nSPS) is 24.9. The number of aliphatic hydroxyl groups is 1. The molecule has 94 valence electrons. The van der Waals surface area contributed by atoms with Gasteiger partial charge in [-0.3, -0.25) is 4.79 Å². The number of hydrogen-bond acceptors (Lipinski definition) is 5. The van der Waals surface area contributed by atoms with Gasteiger partial charge in [-0.1, -0.05) is 0 Å². The molecule has 1 rings (SSSR count). The Morgan fingerprint density at radius 1 is 1.50 bits per heavy atom. The van der Waals surface area contributed by atoms with Gasteiger partial charge in [0.1, 0.15) is 0 Å². The fraction of sp³-hybridized carbons (Fsp3) is 0.889. The lowest BCUT2D eigenvalue weighted by Gasteiger charge is -2.31. The summed E-state index contributed by atoms with van der Waals surface area (Å²) in [7, 11) is -3.60. The molecule has 6 nitrogen and oxygen atoms in total. The Morgan fingerprint density at radius 2 is 2.12 bits per heavy atom. The number of ether oxygens (including phenoxy) is 1. The number of carbonyl (C=O) groups is 1. The third kappa shape index (κ3) is 4.46. The summed E-state index contributed by atoms with van der Waals surface area (Å²) in [6.07, 6.45) is 0.920. The van der Waals surface area contributed by atoms with Gasteiger partial charge in [-0.25, -0.2) is 13.1 Å². The van der Waals surface area contributed by atoms with Gasteiger partial charge < -0.3 is 9.84 Å². The highest BCUT2D eigenvalue weighted by molar-refractivity contribution is 7.90. The zero-order chi connectivity index (χ0) is 12.2. The minimum atomic E-state index is -3.60. The van der Waals surface area contributed by atoms with E-state index in [2.05, 4.69) is 9.46 Å². The van der Waals surface area contributed by atoms with Gasteiger partial charge in [0, 0.05) is 6.54 Å². The van der Waals surface area contributed by atoms with E-state index in [4.69, 9.17) is 5.11 Å². The van der Waals surface area contributed by atoms with Crippen molar-refractivity contribution in [2.75, 3.05) is 18.9 Å². The van der Waals surface area contributed by atoms with Crippen molar-refractivity contribution in [3.8, 4) is 0 Å². The molecule has 16 heavy (non-hydrogen) atoms. The minimum Gasteiger partial charge on any atom is -0.465 e. The van der Waals surface area contributed by atoms with Crippen LogP contribution in [0.1, 0.15) is 19.8 Å². The topological polar surface area (TPSA) is 92.7 Å². The number of hydrogen-bond donors (Lipinski definition) is 2. The van der Waals surface area contributed by atoms with Crippen LogP contribution in [-0.4, -0.2) is 44.5 Å². The average Bonchev–Trinajstić information content (AvgIpc) is 2.10. The average molecular weight is 251 g/mol. The SMILES string of the molecule is CCOC(=O)CS(=O)(=O)NCC1CC(O)C1. The first-order valence-corrected chi connectivity index (χ1v) is 6.89. The van der Waals surface area contributed by atoms with Crippen molar-refractivity contribution >= 4 is 16.0 Å². The standard InChI is InChI=1S/C9H17NO5S/c1-2-15-9(12)6-16(13,14)10-5-7-3-8(11)4-7/h7-8,10-11H,2-6H2,1H3. The largest absolute Gasteiger partial charge is 0.465 e. The molecule has 0 heterocycles. The van der Waals surface area contributed by atoms with Crippen LogP contribution >= 0.6 is 0 Å². The molecule has 1 fully saturated rings. The summed E-state index contributed by atoms with van der Waals surface area (Å²) in [5.41, 5.74) is 0. The molecular weight excluding hydrogens is 234 g/mol. The Bertz CT molecular complexity index is 334. The monoisotopic (exact) mass is 251 g/mol. The summed E-state index contributed by atoms with van der Waals surface area (Å²) < 4.78 is 29.6. The van der Waals surface area contributed by atoms with Crippen molar-refractivity contribution in [3.05, 3.63) is 0 Å². The van der Waals surface area contributed by atoms with E-state index in [0.717, 1.165) is 0 Å². The molecule has 0 unspecified atom stereocenters. The van der Waals surface area contributed by atoms with Crippen molar-refractivity contribution in [3.63, 3.8) is 0 Å². The van der Waals surface area contributed by atoms with Gasteiger partial charge in [-0.2, -0.15) is 0 Å². The van der Waals surface area contributed by atoms with E-state index in [1.54, 1.807) is 6.92 Å². The van der Waals surface area contributed by atoms with E-state index in [0.29, 0.717) is 12.8 Å². The van der Waals surface area contributed by atoms with Gasteiger partial charge in [0.15, 0.2) is 5.75 Å². The summed E-state index contributed by atoms with van der Waals surface area (Å²) in [5.74, 6) is -1.22. The predicted molar refractivity (Wildman–Crippen MR) is 57.2 cm³/mol. The minimum absolute atomic E-state index is 0.170. The second-order valence-corrected chi connectivity index (χ2v) is 5.71. The number of nitrogens with one attached hydrogen (secondary N) is 1. The van der Waals surface area contributed by atoms with Crippen LogP contribution in [-0.2, 0) is 19.6 Å². The lowest BCUT2D eigenvalue weighted by Crippen LogP contribution is -2.40. The van der Waals surface area contributed by atoms with E-state index in [-0.39, 0.29) is 25.2 Å². The lowest BCUT2D eigenvalue weighted by atomic mass is 9.83. The summed E-state index contributed by atoms with van der Waals surface area (Å²) in [6, 6.07) is 0. The summed E-state index contributed by atoms with van der Waals surface area (Å²) in [4.78, 5) is 11.0. The van der Waals surface area contributed by atoms with Crippen LogP contribution < -0.4 is 4.72 Å². The molecule has 0 atom stereocenters. The number of aliphatic hydroxyl groups excluding tert-OH is 1. The number of carbonyl (C=O) groups excluding carboxylic acids is 1. The molecule has 0 aromatic rings. The van der Waals surface area contributed by atoms with Crippen LogP contribution in [0.25, 0.3) is 0 Å². The van der Waals surface area contributed by atoms with Crippen LogP contribution in [0.3, 0.4) is 0 Å². The molecule has 0 aliphatic heterocycles. The van der Waals surface area contributed by atoms with E-state index in [1.807, 2.05) is 0 Å². The zero-order valence-electron chi connectivity index (χ0n) is 9.18. The van der Waals surface area contributed by atoms with Gasteiger partial charge >= 0.3 is 5.97 Å². The van der Waals surface area contributed by atoms with Crippen molar-refractivity contribution in [2.45, 2.75) is 25.9 Å². The summed E-state index contributed by atoms with van der Waals surface area (Å²) >= 11 is 0. The van der Waals surface area contributed by atoms with Gasteiger partial charge in [-0.05, 0) is 25.7 Å². The Morgan fingerprint density at radius 3 is 2.62 bits per heavy atom. The van der Waals surface area contributed by atoms with Crippen molar-refractivity contribution in [1.29, 1.82) is 0 Å². The molecule has 0 spiro atoms. The smallest absolute Gasteiger partial charge is 0.322 e. The molecule has 2 N–H and O–H groups in total. The first kappa shape index (κ1) is 13.4. The van der Waals surface area contributed by atoms with Crippen LogP contribution in [0.15, 0.2) is 0 Å². The number of sulfonamides is 1. The van der Waals surface area contributed by atoms with Crippen LogP contribution in [0.4, 0.5) is 0 Å². The first-order valence-electron chi connectivity index (χ1n) is 5.24. The Balaban J connectivity index is 2.26. The molecule has 1 saturated carbocycles. The van der Waals surface area contributed by atoms with Crippen LogP contribution in [0.2, 0.25) is 0 Å². The second kappa shape index (κ2) is 5.60. The molecule has 0 aromatic heterocycles. The quantitative estimate of drug-likeness (QED) is 0.605. The molecule has 0 bridgehead atoms. The maximum Gasteiger partial charge on any atom is 0.322 e. The lowest BCUT2D eigenvalue weighted by molar-refractivity contribution is -0.139. The van der Waals surface area contributed by atoms with Gasteiger partial charge in [-0.15, -0.1) is 0 Å². The third-order valence-electron chi connectivity index (χ3n) is 2.42. The van der Waals surface area contributed by atoms with Gasteiger partial charge in [0.25, 0.3) is 0 Å². The molecule has 0 aromatic carbocycles. The highest BCUT2D eigenvalue weighted by Crippen LogP contribution is 2.26. The van der Waals surface area contributed by atoms with Crippen molar-refractivity contribution < 1.29 is 23.1 Å². The molecule has 0 amide bonds. The second-order valence-electron chi connectivity index (χ2n) is 3.90. The zero-order valence-corrected chi connectivity index (χ0v) is 10.00. The van der Waals surface area contributed by atoms with E-state index >= 15 is 0 Å². The van der Waals surface area contributed by atoms with E-state index < -0.39 is 21.7 Å².